The highest BCUT2D eigenvalue weighted by Gasteiger charge is 2.25. The third-order valence-electron chi connectivity index (χ3n) is 2.48. The number of amides is 1. The van der Waals surface area contributed by atoms with Crippen molar-refractivity contribution in [3.05, 3.63) is 0 Å². The molecule has 0 aromatic rings. The molecule has 5 nitrogen and oxygen atoms in total. The summed E-state index contributed by atoms with van der Waals surface area (Å²) in [5, 5.41) is 2.50. The van der Waals surface area contributed by atoms with Gasteiger partial charge in [-0.25, -0.2) is 0 Å². The Morgan fingerprint density at radius 2 is 2.27 bits per heavy atom. The minimum atomic E-state index is -0.456. The summed E-state index contributed by atoms with van der Waals surface area (Å²) in [6.45, 7) is 0.621. The van der Waals surface area contributed by atoms with Crippen LogP contribution in [-0.4, -0.2) is 50.9 Å². The molecule has 1 saturated heterocycles. The van der Waals surface area contributed by atoms with Crippen molar-refractivity contribution in [1.82, 2.24) is 10.1 Å². The van der Waals surface area contributed by atoms with E-state index in [2.05, 4.69) is 10.1 Å². The number of carbonyl (C=O) groups is 2. The first-order valence-corrected chi connectivity index (χ1v) is 5.01. The molecule has 0 aliphatic carbocycles. The van der Waals surface area contributed by atoms with Gasteiger partial charge in [-0.05, 0) is 19.4 Å². The largest absolute Gasteiger partial charge is 0.468 e. The lowest BCUT2D eigenvalue weighted by Gasteiger charge is -2.31. The molecular formula is C9H15BN2O3. The van der Waals surface area contributed by atoms with Gasteiger partial charge in [-0.15, -0.1) is 0 Å². The van der Waals surface area contributed by atoms with Crippen molar-refractivity contribution in [3.63, 3.8) is 0 Å². The fourth-order valence-corrected chi connectivity index (χ4v) is 1.58. The summed E-state index contributed by atoms with van der Waals surface area (Å²) < 4.78 is 4.42. The van der Waals surface area contributed by atoms with Crippen molar-refractivity contribution in [1.29, 1.82) is 0 Å². The molecule has 0 aromatic carbocycles. The Hall–Kier alpha value is -1.04. The van der Waals surface area contributed by atoms with Crippen molar-refractivity contribution < 1.29 is 14.3 Å². The number of hydrogen-bond acceptors (Lipinski definition) is 4. The van der Waals surface area contributed by atoms with Crippen LogP contribution < -0.4 is 5.32 Å². The minimum Gasteiger partial charge on any atom is -0.468 e. The van der Waals surface area contributed by atoms with Crippen molar-refractivity contribution >= 4 is 19.9 Å². The van der Waals surface area contributed by atoms with Crippen LogP contribution in [0.4, 0.5) is 0 Å². The van der Waals surface area contributed by atoms with Crippen LogP contribution in [-0.2, 0) is 14.3 Å². The quantitative estimate of drug-likeness (QED) is 0.490. The highest BCUT2D eigenvalue weighted by Crippen LogP contribution is 2.14. The van der Waals surface area contributed by atoms with Crippen molar-refractivity contribution in [2.24, 2.45) is 0 Å². The molecule has 1 amide bonds. The van der Waals surface area contributed by atoms with Gasteiger partial charge in [-0.3, -0.25) is 9.59 Å². The molecule has 0 aromatic heterocycles. The normalized spacial score (nSPS) is 22.1. The summed E-state index contributed by atoms with van der Waals surface area (Å²) in [5.41, 5.74) is 0. The van der Waals surface area contributed by atoms with Crippen LogP contribution >= 0.6 is 0 Å². The molecule has 1 N–H and O–H groups in total. The van der Waals surface area contributed by atoms with Crippen molar-refractivity contribution in [3.8, 4) is 0 Å². The third kappa shape index (κ3) is 3.55. The first-order chi connectivity index (χ1) is 7.15. The van der Waals surface area contributed by atoms with Gasteiger partial charge >= 0.3 is 5.97 Å². The second-order valence-corrected chi connectivity index (χ2v) is 3.54. The Labute approximate surface area is 90.6 Å². The topological polar surface area (TPSA) is 58.6 Å². The molecule has 1 aliphatic rings. The lowest BCUT2D eigenvalue weighted by molar-refractivity contribution is -0.141. The van der Waals surface area contributed by atoms with Gasteiger partial charge in [-0.1, -0.05) is 6.42 Å². The fourth-order valence-electron chi connectivity index (χ4n) is 1.58. The highest BCUT2D eigenvalue weighted by atomic mass is 16.5. The second kappa shape index (κ2) is 5.75. The van der Waals surface area contributed by atoms with E-state index in [4.69, 9.17) is 7.98 Å². The summed E-state index contributed by atoms with van der Waals surface area (Å²) in [4.78, 5) is 23.9. The molecule has 2 radical (unpaired) electrons. The van der Waals surface area contributed by atoms with Gasteiger partial charge < -0.3 is 14.9 Å². The lowest BCUT2D eigenvalue weighted by Crippen LogP contribution is -2.49. The van der Waals surface area contributed by atoms with Crippen LogP contribution in [0.15, 0.2) is 0 Å². The number of nitrogens with zero attached hydrogens (tertiary/aromatic N) is 1. The Balaban J connectivity index is 2.35. The summed E-state index contributed by atoms with van der Waals surface area (Å²) in [6.07, 6.45) is 2.74. The molecular weight excluding hydrogens is 195 g/mol. The molecule has 1 rings (SSSR count). The molecule has 0 spiro atoms. The fraction of sp³-hybridized carbons (Fsp3) is 0.778. The summed E-state index contributed by atoms with van der Waals surface area (Å²) in [6, 6.07) is -0.316. The van der Waals surface area contributed by atoms with Gasteiger partial charge in [0.25, 0.3) is 0 Å². The van der Waals surface area contributed by atoms with E-state index in [1.807, 2.05) is 0 Å². The van der Waals surface area contributed by atoms with Crippen LogP contribution in [0.25, 0.3) is 0 Å². The monoisotopic (exact) mass is 210 g/mol. The lowest BCUT2D eigenvalue weighted by atomic mass is 9.98. The summed E-state index contributed by atoms with van der Waals surface area (Å²) in [5.74, 6) is -0.662. The zero-order valence-corrected chi connectivity index (χ0v) is 8.86. The minimum absolute atomic E-state index is 0.0975. The summed E-state index contributed by atoms with van der Waals surface area (Å²) in [7, 11) is 6.96. The number of hydrogen-bond donors (Lipinski definition) is 1. The maximum absolute atomic E-state index is 11.6. The number of esters is 1. The molecule has 0 saturated carbocycles. The number of rotatable bonds is 3. The molecule has 1 unspecified atom stereocenters. The van der Waals surface area contributed by atoms with E-state index in [1.165, 1.54) is 11.9 Å². The van der Waals surface area contributed by atoms with E-state index in [-0.39, 0.29) is 18.5 Å². The standard InChI is InChI=1S/C9H15BN2O3/c1-15-8(13)6-11-9(14)7-4-2-3-5-12(7)10/h7H,2-6H2,1H3,(H,11,14). The van der Waals surface area contributed by atoms with E-state index in [0.29, 0.717) is 0 Å². The van der Waals surface area contributed by atoms with Crippen molar-refractivity contribution in [2.75, 3.05) is 20.2 Å². The molecule has 1 fully saturated rings. The maximum atomic E-state index is 11.6. The number of piperidine rings is 1. The molecule has 1 atom stereocenters. The van der Waals surface area contributed by atoms with Crippen LogP contribution in [0.5, 0.6) is 0 Å². The van der Waals surface area contributed by atoms with Gasteiger partial charge in [0.1, 0.15) is 6.54 Å². The molecule has 1 aliphatic heterocycles. The van der Waals surface area contributed by atoms with Gasteiger partial charge in [0.05, 0.1) is 13.2 Å². The van der Waals surface area contributed by atoms with Gasteiger partial charge in [-0.2, -0.15) is 0 Å². The molecule has 1 heterocycles. The Bertz CT molecular complexity index is 248. The van der Waals surface area contributed by atoms with Crippen LogP contribution in [0, 0.1) is 0 Å². The Morgan fingerprint density at radius 3 is 2.87 bits per heavy atom. The van der Waals surface area contributed by atoms with Gasteiger partial charge in [0.2, 0.25) is 5.91 Å². The predicted molar refractivity (Wildman–Crippen MR) is 55.1 cm³/mol. The first kappa shape index (κ1) is 12.0. The average Bonchev–Trinajstić information content (AvgIpc) is 2.26. The maximum Gasteiger partial charge on any atom is 0.325 e. The first-order valence-electron chi connectivity index (χ1n) is 5.01. The Morgan fingerprint density at radius 1 is 1.53 bits per heavy atom. The van der Waals surface area contributed by atoms with E-state index in [1.54, 1.807) is 0 Å². The smallest absolute Gasteiger partial charge is 0.325 e. The van der Waals surface area contributed by atoms with E-state index < -0.39 is 5.97 Å². The zero-order chi connectivity index (χ0) is 11.3. The second-order valence-electron chi connectivity index (χ2n) is 3.54. The molecule has 15 heavy (non-hydrogen) atoms. The Kier molecular flexibility index (Phi) is 4.61. The number of carbonyl (C=O) groups excluding carboxylic acids is 2. The molecule has 0 bridgehead atoms. The van der Waals surface area contributed by atoms with E-state index >= 15 is 0 Å². The van der Waals surface area contributed by atoms with E-state index in [9.17, 15) is 9.59 Å². The highest BCUT2D eigenvalue weighted by molar-refractivity contribution is 6.07. The van der Waals surface area contributed by atoms with Crippen LogP contribution in [0.1, 0.15) is 19.3 Å². The number of nitrogens with one attached hydrogen (secondary N) is 1. The predicted octanol–water partition coefficient (Wildman–Crippen LogP) is -0.786. The number of methoxy groups -OCH3 is 1. The van der Waals surface area contributed by atoms with Crippen LogP contribution in [0.2, 0.25) is 0 Å². The summed E-state index contributed by atoms with van der Waals surface area (Å²) >= 11 is 0. The molecule has 82 valence electrons. The van der Waals surface area contributed by atoms with Gasteiger partial charge in [0, 0.05) is 0 Å². The van der Waals surface area contributed by atoms with E-state index in [0.717, 1.165) is 25.8 Å². The van der Waals surface area contributed by atoms with Crippen LogP contribution in [0.3, 0.4) is 0 Å². The zero-order valence-electron chi connectivity index (χ0n) is 8.86. The van der Waals surface area contributed by atoms with Gasteiger partial charge in [0.15, 0.2) is 7.98 Å². The average molecular weight is 210 g/mol. The number of ether oxygens (including phenoxy) is 1. The molecule has 6 heteroatoms. The SMILES string of the molecule is [B]N1CCCCC1C(=O)NCC(=O)OC. The van der Waals surface area contributed by atoms with Crippen molar-refractivity contribution in [2.45, 2.75) is 25.3 Å². The third-order valence-corrected chi connectivity index (χ3v) is 2.48.